The van der Waals surface area contributed by atoms with Gasteiger partial charge in [0.25, 0.3) is 11.6 Å². The quantitative estimate of drug-likeness (QED) is 0.444. The molecule has 1 aromatic rings. The fourth-order valence-electron chi connectivity index (χ4n) is 4.28. The summed E-state index contributed by atoms with van der Waals surface area (Å²) in [6.45, 7) is 5.50. The second kappa shape index (κ2) is 9.24. The maximum absolute atomic E-state index is 12.7. The number of nitrogens with one attached hydrogen (secondary N) is 1. The zero-order valence-corrected chi connectivity index (χ0v) is 17.1. The van der Waals surface area contributed by atoms with Crippen LogP contribution in [0.4, 0.5) is 11.4 Å². The van der Waals surface area contributed by atoms with Gasteiger partial charge in [0.2, 0.25) is 0 Å². The van der Waals surface area contributed by atoms with Gasteiger partial charge in [0, 0.05) is 31.3 Å². The van der Waals surface area contributed by atoms with Crippen LogP contribution in [0.5, 0.6) is 0 Å². The number of esters is 1. The van der Waals surface area contributed by atoms with Gasteiger partial charge in [-0.15, -0.1) is 0 Å². The zero-order valence-electron chi connectivity index (χ0n) is 17.1. The van der Waals surface area contributed by atoms with Crippen molar-refractivity contribution in [3.63, 3.8) is 0 Å². The number of benzene rings is 1. The minimum absolute atomic E-state index is 0.0860. The van der Waals surface area contributed by atoms with Gasteiger partial charge in [0.15, 0.2) is 6.61 Å². The van der Waals surface area contributed by atoms with E-state index in [9.17, 15) is 19.7 Å². The Kier molecular flexibility index (Phi) is 6.71. The van der Waals surface area contributed by atoms with Gasteiger partial charge >= 0.3 is 5.97 Å². The zero-order chi connectivity index (χ0) is 21.0. The van der Waals surface area contributed by atoms with Crippen molar-refractivity contribution in [1.29, 1.82) is 0 Å². The van der Waals surface area contributed by atoms with E-state index in [0.29, 0.717) is 17.5 Å². The van der Waals surface area contributed by atoms with Gasteiger partial charge in [-0.2, -0.15) is 0 Å². The number of hydrogen-bond acceptors (Lipinski definition) is 6. The molecule has 1 heterocycles. The lowest BCUT2D eigenvalue weighted by Crippen LogP contribution is -2.45. The molecule has 1 aliphatic heterocycles. The first kappa shape index (κ1) is 21.1. The average molecular weight is 403 g/mol. The standard InChI is InChI=1S/C21H29N3O5/c1-14-6-5-7-18(15(14)2)22-20(25)13-29-21(26)17-12-16(24(27)28)8-9-19(17)23-10-3-4-11-23/h8-9,12,14-15,18H,3-7,10-11,13H2,1-2H3,(H,22,25)/t14-,15+,18+/m1/s1. The molecule has 3 atom stereocenters. The van der Waals surface area contributed by atoms with Crippen LogP contribution in [0.25, 0.3) is 0 Å². The maximum atomic E-state index is 12.7. The molecular formula is C21H29N3O5. The molecule has 0 bridgehead atoms. The molecule has 2 fully saturated rings. The van der Waals surface area contributed by atoms with Gasteiger partial charge in [0.05, 0.1) is 16.2 Å². The first-order valence-corrected chi connectivity index (χ1v) is 10.4. The third-order valence-electron chi connectivity index (χ3n) is 6.25. The lowest BCUT2D eigenvalue weighted by molar-refractivity contribution is -0.384. The number of nitro benzene ring substituents is 1. The van der Waals surface area contributed by atoms with Gasteiger partial charge in [-0.1, -0.05) is 26.7 Å². The minimum Gasteiger partial charge on any atom is -0.452 e. The van der Waals surface area contributed by atoms with Gasteiger partial charge in [-0.3, -0.25) is 14.9 Å². The van der Waals surface area contributed by atoms with E-state index in [-0.39, 0.29) is 23.2 Å². The van der Waals surface area contributed by atoms with Crippen molar-refractivity contribution in [2.24, 2.45) is 11.8 Å². The summed E-state index contributed by atoms with van der Waals surface area (Å²) in [6.07, 6.45) is 5.17. The molecule has 1 aromatic carbocycles. The summed E-state index contributed by atoms with van der Waals surface area (Å²) >= 11 is 0. The number of anilines is 1. The third-order valence-corrected chi connectivity index (χ3v) is 6.25. The van der Waals surface area contributed by atoms with E-state index in [4.69, 9.17) is 4.74 Å². The smallest absolute Gasteiger partial charge is 0.341 e. The molecule has 0 spiro atoms. The highest BCUT2D eigenvalue weighted by Crippen LogP contribution is 2.30. The molecule has 1 N–H and O–H groups in total. The second-order valence-corrected chi connectivity index (χ2v) is 8.17. The summed E-state index contributed by atoms with van der Waals surface area (Å²) in [5, 5.41) is 14.1. The Labute approximate surface area is 170 Å². The third kappa shape index (κ3) is 5.05. The molecule has 1 amide bonds. The number of rotatable bonds is 6. The van der Waals surface area contributed by atoms with Crippen molar-refractivity contribution < 1.29 is 19.2 Å². The highest BCUT2D eigenvalue weighted by Gasteiger charge is 2.29. The predicted octanol–water partition coefficient (Wildman–Crippen LogP) is 3.29. The monoisotopic (exact) mass is 403 g/mol. The van der Waals surface area contributed by atoms with Crippen LogP contribution in [-0.2, 0) is 9.53 Å². The van der Waals surface area contributed by atoms with E-state index in [1.54, 1.807) is 6.07 Å². The van der Waals surface area contributed by atoms with E-state index in [2.05, 4.69) is 19.2 Å². The normalized spacial score (nSPS) is 24.2. The Morgan fingerprint density at radius 2 is 1.93 bits per heavy atom. The number of nitro groups is 1. The van der Waals surface area contributed by atoms with Crippen LogP contribution < -0.4 is 10.2 Å². The molecule has 1 saturated heterocycles. The lowest BCUT2D eigenvalue weighted by atomic mass is 9.78. The van der Waals surface area contributed by atoms with Gasteiger partial charge in [-0.25, -0.2) is 4.79 Å². The molecule has 29 heavy (non-hydrogen) atoms. The molecule has 1 aliphatic carbocycles. The van der Waals surface area contributed by atoms with Gasteiger partial charge in [0.1, 0.15) is 0 Å². The SMILES string of the molecule is C[C@H]1[C@H](C)CCC[C@@H]1NC(=O)COC(=O)c1cc([N+](=O)[O-])ccc1N1CCCC1. The molecule has 0 radical (unpaired) electrons. The molecule has 158 valence electrons. The summed E-state index contributed by atoms with van der Waals surface area (Å²) in [5.74, 6) is -0.125. The Morgan fingerprint density at radius 3 is 2.62 bits per heavy atom. The summed E-state index contributed by atoms with van der Waals surface area (Å²) in [7, 11) is 0. The number of ether oxygens (including phenoxy) is 1. The molecule has 3 rings (SSSR count). The highest BCUT2D eigenvalue weighted by atomic mass is 16.6. The van der Waals surface area contributed by atoms with E-state index in [1.807, 2.05) is 4.90 Å². The topological polar surface area (TPSA) is 102 Å². The molecule has 8 nitrogen and oxygen atoms in total. The van der Waals surface area contributed by atoms with Crippen LogP contribution in [-0.4, -0.2) is 42.5 Å². The van der Waals surface area contributed by atoms with Gasteiger partial charge in [-0.05, 0) is 37.2 Å². The number of non-ortho nitro benzene ring substituents is 1. The average Bonchev–Trinajstić information content (AvgIpc) is 3.24. The highest BCUT2D eigenvalue weighted by molar-refractivity contribution is 5.97. The molecular weight excluding hydrogens is 374 g/mol. The van der Waals surface area contributed by atoms with Crippen LogP contribution >= 0.6 is 0 Å². The minimum atomic E-state index is -0.712. The lowest BCUT2D eigenvalue weighted by Gasteiger charge is -2.34. The van der Waals surface area contributed by atoms with Gasteiger partial charge < -0.3 is 15.0 Å². The van der Waals surface area contributed by atoms with Crippen LogP contribution in [0.3, 0.4) is 0 Å². The molecule has 0 aromatic heterocycles. The van der Waals surface area contributed by atoms with Crippen molar-refractivity contribution in [3.05, 3.63) is 33.9 Å². The predicted molar refractivity (Wildman–Crippen MR) is 109 cm³/mol. The fraction of sp³-hybridized carbons (Fsp3) is 0.619. The molecule has 2 aliphatic rings. The molecule has 8 heteroatoms. The van der Waals surface area contributed by atoms with Crippen LogP contribution in [0.2, 0.25) is 0 Å². The van der Waals surface area contributed by atoms with E-state index in [1.165, 1.54) is 12.1 Å². The van der Waals surface area contributed by atoms with Crippen molar-refractivity contribution in [2.75, 3.05) is 24.6 Å². The number of hydrogen-bond donors (Lipinski definition) is 1. The largest absolute Gasteiger partial charge is 0.452 e. The van der Waals surface area contributed by atoms with Crippen LogP contribution in [0.15, 0.2) is 18.2 Å². The number of carbonyl (C=O) groups excluding carboxylic acids is 2. The summed E-state index contributed by atoms with van der Waals surface area (Å²) in [5.41, 5.74) is 0.580. The Hall–Kier alpha value is -2.64. The first-order chi connectivity index (χ1) is 13.9. The first-order valence-electron chi connectivity index (χ1n) is 10.4. The summed E-state index contributed by atoms with van der Waals surface area (Å²) in [4.78, 5) is 37.6. The van der Waals surface area contributed by atoms with E-state index in [0.717, 1.165) is 45.2 Å². The number of carbonyl (C=O) groups is 2. The number of nitrogens with zero attached hydrogens (tertiary/aromatic N) is 2. The Morgan fingerprint density at radius 1 is 1.21 bits per heavy atom. The van der Waals surface area contributed by atoms with Crippen LogP contribution in [0.1, 0.15) is 56.3 Å². The van der Waals surface area contributed by atoms with E-state index < -0.39 is 17.5 Å². The summed E-state index contributed by atoms with van der Waals surface area (Å²) < 4.78 is 5.23. The fourth-order valence-corrected chi connectivity index (χ4v) is 4.28. The van der Waals surface area contributed by atoms with Crippen molar-refractivity contribution in [2.45, 2.75) is 52.0 Å². The van der Waals surface area contributed by atoms with E-state index >= 15 is 0 Å². The number of amides is 1. The maximum Gasteiger partial charge on any atom is 0.341 e. The Balaban J connectivity index is 1.65. The Bertz CT molecular complexity index is 776. The summed E-state index contributed by atoms with van der Waals surface area (Å²) in [6, 6.07) is 4.30. The van der Waals surface area contributed by atoms with Crippen molar-refractivity contribution >= 4 is 23.3 Å². The second-order valence-electron chi connectivity index (χ2n) is 8.17. The van der Waals surface area contributed by atoms with Crippen molar-refractivity contribution in [1.82, 2.24) is 5.32 Å². The van der Waals surface area contributed by atoms with Crippen LogP contribution in [0, 0.1) is 22.0 Å². The molecule has 0 unspecified atom stereocenters. The van der Waals surface area contributed by atoms with Crippen molar-refractivity contribution in [3.8, 4) is 0 Å². The molecule has 1 saturated carbocycles.